The van der Waals surface area contributed by atoms with E-state index in [2.05, 4.69) is 26.6 Å². The fourth-order valence-corrected chi connectivity index (χ4v) is 3.11. The second-order valence-electron chi connectivity index (χ2n) is 6.05. The summed E-state index contributed by atoms with van der Waals surface area (Å²) >= 11 is 3.27. The Morgan fingerprint density at radius 2 is 1.92 bits per heavy atom. The molecule has 0 radical (unpaired) electrons. The number of benzene rings is 2. The maximum absolute atomic E-state index is 12.3. The zero-order valence-corrected chi connectivity index (χ0v) is 15.4. The average Bonchev–Trinajstić information content (AvgIpc) is 2.62. The molecule has 134 valence electrons. The zero-order valence-electron chi connectivity index (χ0n) is 13.8. The first kappa shape index (κ1) is 18.1. The minimum atomic E-state index is -0.350. The number of fused-ring (bicyclic) bond motifs is 1. The van der Waals surface area contributed by atoms with E-state index in [0.29, 0.717) is 24.1 Å². The van der Waals surface area contributed by atoms with Crippen LogP contribution in [0, 0.1) is 0 Å². The van der Waals surface area contributed by atoms with Gasteiger partial charge in [-0.05, 0) is 48.4 Å². The van der Waals surface area contributed by atoms with Crippen LogP contribution in [0.4, 0.5) is 11.4 Å². The lowest BCUT2D eigenvalue weighted by atomic mass is 9.97. The van der Waals surface area contributed by atoms with E-state index in [9.17, 15) is 19.5 Å². The minimum Gasteiger partial charge on any atom is -0.506 e. The van der Waals surface area contributed by atoms with Gasteiger partial charge in [0.05, 0.1) is 5.69 Å². The maximum atomic E-state index is 12.3. The standard InChI is InChI=1S/C19H17BrN2O4/c20-13-3-5-17(24)15(10-13)22-19(26)8-6-16(23)12-1-4-14-11(9-12)2-7-18(25)21-14/h1,3-5,9-10,24H,2,6-8H2,(H,21,25)(H,22,26). The quantitative estimate of drug-likeness (QED) is 0.511. The van der Waals surface area contributed by atoms with Crippen LogP contribution in [0.1, 0.15) is 35.2 Å². The van der Waals surface area contributed by atoms with E-state index < -0.39 is 0 Å². The Labute approximate surface area is 158 Å². The third-order valence-corrected chi connectivity index (χ3v) is 4.63. The zero-order chi connectivity index (χ0) is 18.7. The van der Waals surface area contributed by atoms with Crippen LogP contribution in [0.25, 0.3) is 0 Å². The first-order chi connectivity index (χ1) is 12.4. The molecular weight excluding hydrogens is 400 g/mol. The largest absolute Gasteiger partial charge is 0.506 e. The van der Waals surface area contributed by atoms with Crippen LogP contribution in [0.2, 0.25) is 0 Å². The summed E-state index contributed by atoms with van der Waals surface area (Å²) in [6.07, 6.45) is 1.08. The Kier molecular flexibility index (Phi) is 5.37. The highest BCUT2D eigenvalue weighted by molar-refractivity contribution is 9.10. The summed E-state index contributed by atoms with van der Waals surface area (Å²) in [5.74, 6) is -0.552. The first-order valence-electron chi connectivity index (χ1n) is 8.17. The highest BCUT2D eigenvalue weighted by Crippen LogP contribution is 2.27. The van der Waals surface area contributed by atoms with E-state index in [1.54, 1.807) is 30.3 Å². The normalized spacial score (nSPS) is 12.9. The predicted molar refractivity (Wildman–Crippen MR) is 101 cm³/mol. The summed E-state index contributed by atoms with van der Waals surface area (Å²) in [5.41, 5.74) is 2.49. The second kappa shape index (κ2) is 7.70. The molecule has 7 heteroatoms. The fraction of sp³-hybridized carbons (Fsp3) is 0.211. The van der Waals surface area contributed by atoms with E-state index in [4.69, 9.17) is 0 Å². The summed E-state index contributed by atoms with van der Waals surface area (Å²) in [5, 5.41) is 15.1. The van der Waals surface area contributed by atoms with Crippen molar-refractivity contribution in [2.75, 3.05) is 10.6 Å². The number of hydrogen-bond acceptors (Lipinski definition) is 4. The summed E-state index contributed by atoms with van der Waals surface area (Å²) < 4.78 is 0.725. The number of carbonyl (C=O) groups excluding carboxylic acids is 3. The number of carbonyl (C=O) groups is 3. The van der Waals surface area contributed by atoms with E-state index in [1.165, 1.54) is 6.07 Å². The number of rotatable bonds is 5. The number of aryl methyl sites for hydroxylation is 1. The number of phenols is 1. The fourth-order valence-electron chi connectivity index (χ4n) is 2.75. The number of phenolic OH excluding ortho intramolecular Hbond substituents is 1. The van der Waals surface area contributed by atoms with Crippen LogP contribution in [-0.2, 0) is 16.0 Å². The molecule has 0 atom stereocenters. The van der Waals surface area contributed by atoms with Crippen LogP contribution >= 0.6 is 15.9 Å². The maximum Gasteiger partial charge on any atom is 0.224 e. The van der Waals surface area contributed by atoms with Gasteiger partial charge >= 0.3 is 0 Å². The number of halogens is 1. The van der Waals surface area contributed by atoms with Crippen molar-refractivity contribution in [3.05, 3.63) is 52.0 Å². The molecule has 6 nitrogen and oxygen atoms in total. The van der Waals surface area contributed by atoms with Gasteiger partial charge in [0.1, 0.15) is 5.75 Å². The lowest BCUT2D eigenvalue weighted by molar-refractivity contribution is -0.117. The molecule has 0 fully saturated rings. The van der Waals surface area contributed by atoms with Crippen molar-refractivity contribution in [1.82, 2.24) is 0 Å². The number of ketones is 1. The van der Waals surface area contributed by atoms with E-state index >= 15 is 0 Å². The van der Waals surface area contributed by atoms with Gasteiger partial charge in [-0.15, -0.1) is 0 Å². The molecule has 2 aromatic rings. The van der Waals surface area contributed by atoms with Gasteiger partial charge in [-0.3, -0.25) is 14.4 Å². The molecule has 1 aliphatic rings. The molecule has 0 unspecified atom stereocenters. The molecule has 0 saturated heterocycles. The summed E-state index contributed by atoms with van der Waals surface area (Å²) in [7, 11) is 0. The Balaban J connectivity index is 1.59. The Morgan fingerprint density at radius 1 is 1.12 bits per heavy atom. The molecule has 0 spiro atoms. The Morgan fingerprint density at radius 3 is 2.73 bits per heavy atom. The number of hydrogen-bond donors (Lipinski definition) is 3. The Bertz CT molecular complexity index is 895. The number of anilines is 2. The smallest absolute Gasteiger partial charge is 0.224 e. The van der Waals surface area contributed by atoms with Crippen molar-refractivity contribution in [2.45, 2.75) is 25.7 Å². The lowest BCUT2D eigenvalue weighted by Crippen LogP contribution is -2.19. The number of nitrogens with one attached hydrogen (secondary N) is 2. The SMILES string of the molecule is O=C(CCC(=O)c1ccc2c(c1)CCC(=O)N2)Nc1cc(Br)ccc1O. The van der Waals surface area contributed by atoms with Gasteiger partial charge < -0.3 is 15.7 Å². The third-order valence-electron chi connectivity index (χ3n) is 4.13. The second-order valence-corrected chi connectivity index (χ2v) is 6.97. The van der Waals surface area contributed by atoms with Gasteiger partial charge in [0, 0.05) is 35.0 Å². The highest BCUT2D eigenvalue weighted by atomic mass is 79.9. The summed E-state index contributed by atoms with van der Waals surface area (Å²) in [4.78, 5) is 35.8. The van der Waals surface area contributed by atoms with Crippen LogP contribution in [0.5, 0.6) is 5.75 Å². The molecule has 0 saturated carbocycles. The third kappa shape index (κ3) is 4.29. The monoisotopic (exact) mass is 416 g/mol. The molecule has 0 aromatic heterocycles. The van der Waals surface area contributed by atoms with Crippen LogP contribution in [0.3, 0.4) is 0 Å². The first-order valence-corrected chi connectivity index (χ1v) is 8.96. The van der Waals surface area contributed by atoms with E-state index in [-0.39, 0.29) is 36.2 Å². The molecule has 2 amide bonds. The predicted octanol–water partition coefficient (Wildman–Crippen LogP) is 3.64. The van der Waals surface area contributed by atoms with Crippen molar-refractivity contribution in [2.24, 2.45) is 0 Å². The van der Waals surface area contributed by atoms with Gasteiger partial charge in [0.15, 0.2) is 5.78 Å². The molecule has 0 aliphatic carbocycles. The summed E-state index contributed by atoms with van der Waals surface area (Å²) in [6.45, 7) is 0. The van der Waals surface area contributed by atoms with E-state index in [1.807, 2.05) is 0 Å². The molecule has 0 bridgehead atoms. The number of amides is 2. The van der Waals surface area contributed by atoms with Gasteiger partial charge in [-0.25, -0.2) is 0 Å². The molecule has 3 rings (SSSR count). The van der Waals surface area contributed by atoms with Gasteiger partial charge in [0.25, 0.3) is 0 Å². The van der Waals surface area contributed by atoms with Gasteiger partial charge in [-0.1, -0.05) is 15.9 Å². The van der Waals surface area contributed by atoms with Gasteiger partial charge in [-0.2, -0.15) is 0 Å². The average molecular weight is 417 g/mol. The molecule has 2 aromatic carbocycles. The molecule has 26 heavy (non-hydrogen) atoms. The van der Waals surface area contributed by atoms with Crippen LogP contribution in [0.15, 0.2) is 40.9 Å². The van der Waals surface area contributed by atoms with Crippen molar-refractivity contribution >= 4 is 44.9 Å². The Hall–Kier alpha value is -2.67. The summed E-state index contributed by atoms with van der Waals surface area (Å²) in [6, 6.07) is 9.87. The van der Waals surface area contributed by atoms with Crippen LogP contribution < -0.4 is 10.6 Å². The highest BCUT2D eigenvalue weighted by Gasteiger charge is 2.17. The number of Topliss-reactive ketones (excluding diaryl/α,β-unsaturated/α-hetero) is 1. The van der Waals surface area contributed by atoms with Gasteiger partial charge in [0.2, 0.25) is 11.8 Å². The molecular formula is C19H17BrN2O4. The van der Waals surface area contributed by atoms with Crippen LogP contribution in [-0.4, -0.2) is 22.7 Å². The molecule has 1 heterocycles. The lowest BCUT2D eigenvalue weighted by Gasteiger charge is -2.17. The topological polar surface area (TPSA) is 95.5 Å². The van der Waals surface area contributed by atoms with Crippen molar-refractivity contribution < 1.29 is 19.5 Å². The van der Waals surface area contributed by atoms with E-state index in [0.717, 1.165) is 15.7 Å². The molecule has 3 N–H and O–H groups in total. The van der Waals surface area contributed by atoms with Crippen molar-refractivity contribution in [1.29, 1.82) is 0 Å². The number of aromatic hydroxyl groups is 1. The van der Waals surface area contributed by atoms with Crippen molar-refractivity contribution in [3.63, 3.8) is 0 Å². The minimum absolute atomic E-state index is 0.0125. The molecule has 1 aliphatic heterocycles. The van der Waals surface area contributed by atoms with Crippen molar-refractivity contribution in [3.8, 4) is 5.75 Å².